The summed E-state index contributed by atoms with van der Waals surface area (Å²) in [5.74, 6) is 0.540. The third kappa shape index (κ3) is 2.61. The Kier molecular flexibility index (Phi) is 4.12. The molecule has 0 spiro atoms. The Morgan fingerprint density at radius 2 is 2.11 bits per heavy atom. The largest absolute Gasteiger partial charge is 0.334 e. The van der Waals surface area contributed by atoms with Crippen LogP contribution in [0.25, 0.3) is 11.5 Å². The molecule has 2 aromatic rings. The first-order valence-corrected chi connectivity index (χ1v) is 6.75. The average Bonchev–Trinajstić information content (AvgIpc) is 2.79. The summed E-state index contributed by atoms with van der Waals surface area (Å²) in [7, 11) is 0. The molecule has 0 atom stereocenters. The van der Waals surface area contributed by atoms with E-state index in [1.54, 1.807) is 12.1 Å². The van der Waals surface area contributed by atoms with Crippen molar-refractivity contribution >= 4 is 35.0 Å². The number of aromatic nitrogens is 2. The summed E-state index contributed by atoms with van der Waals surface area (Å²) in [6.07, 6.45) is 2.82. The number of hydrogen-bond donors (Lipinski definition) is 1. The highest BCUT2D eigenvalue weighted by Gasteiger charge is 2.39. The van der Waals surface area contributed by atoms with E-state index in [1.165, 1.54) is 6.07 Å². The topological polar surface area (TPSA) is 64.9 Å². The van der Waals surface area contributed by atoms with Crippen molar-refractivity contribution in [3.63, 3.8) is 0 Å². The number of halogens is 3. The molecule has 1 aliphatic rings. The third-order valence-corrected chi connectivity index (χ3v) is 4.16. The Balaban J connectivity index is 0.00000133. The van der Waals surface area contributed by atoms with Crippen LogP contribution < -0.4 is 5.73 Å². The molecule has 0 saturated heterocycles. The number of hydrogen-bond acceptors (Lipinski definition) is 4. The van der Waals surface area contributed by atoms with Crippen molar-refractivity contribution in [3.8, 4) is 11.5 Å². The molecule has 1 fully saturated rings. The Hall–Kier alpha value is -0.730. The van der Waals surface area contributed by atoms with Gasteiger partial charge < -0.3 is 10.3 Å². The molecule has 0 aliphatic heterocycles. The number of nitrogens with zero attached hydrogens (tertiary/aromatic N) is 2. The fraction of sp³-hybridized carbons (Fsp3) is 0.333. The molecule has 1 aromatic heterocycles. The van der Waals surface area contributed by atoms with Gasteiger partial charge in [-0.25, -0.2) is 4.39 Å². The van der Waals surface area contributed by atoms with Crippen molar-refractivity contribution in [2.24, 2.45) is 5.73 Å². The summed E-state index contributed by atoms with van der Waals surface area (Å²) < 4.78 is 19.2. The standard InChI is InChI=1S/C12H11FIN3O.ClH/c13-8-6-7(2-3-9(8)14)10-16-11(17-18-10)12(15)4-1-5-12;/h2-3,6H,1,4-5,15H2;1H. The number of rotatable bonds is 2. The van der Waals surface area contributed by atoms with Gasteiger partial charge in [-0.2, -0.15) is 4.98 Å². The van der Waals surface area contributed by atoms with Gasteiger partial charge in [0.25, 0.3) is 5.89 Å². The van der Waals surface area contributed by atoms with E-state index in [0.29, 0.717) is 20.8 Å². The highest BCUT2D eigenvalue weighted by atomic mass is 127. The Labute approximate surface area is 129 Å². The highest BCUT2D eigenvalue weighted by molar-refractivity contribution is 14.1. The smallest absolute Gasteiger partial charge is 0.258 e. The van der Waals surface area contributed by atoms with Gasteiger partial charge in [-0.3, -0.25) is 0 Å². The van der Waals surface area contributed by atoms with E-state index in [0.717, 1.165) is 19.3 Å². The van der Waals surface area contributed by atoms with Gasteiger partial charge in [0.05, 0.1) is 5.54 Å². The lowest BCUT2D eigenvalue weighted by molar-refractivity contribution is 0.229. The molecule has 0 bridgehead atoms. The molecule has 102 valence electrons. The van der Waals surface area contributed by atoms with E-state index in [4.69, 9.17) is 10.3 Å². The molecule has 19 heavy (non-hydrogen) atoms. The van der Waals surface area contributed by atoms with Crippen molar-refractivity contribution in [1.82, 2.24) is 10.1 Å². The molecule has 1 aromatic carbocycles. The summed E-state index contributed by atoms with van der Waals surface area (Å²) in [5.41, 5.74) is 6.23. The van der Waals surface area contributed by atoms with Crippen molar-refractivity contribution in [2.75, 3.05) is 0 Å². The normalized spacial score (nSPS) is 16.6. The minimum Gasteiger partial charge on any atom is -0.334 e. The van der Waals surface area contributed by atoms with Crippen molar-refractivity contribution in [3.05, 3.63) is 33.4 Å². The monoisotopic (exact) mass is 395 g/mol. The lowest BCUT2D eigenvalue weighted by Gasteiger charge is -2.34. The van der Waals surface area contributed by atoms with Crippen molar-refractivity contribution in [1.29, 1.82) is 0 Å². The quantitative estimate of drug-likeness (QED) is 0.793. The van der Waals surface area contributed by atoms with Crippen LogP contribution in [0.5, 0.6) is 0 Å². The Morgan fingerprint density at radius 3 is 2.68 bits per heavy atom. The first-order chi connectivity index (χ1) is 8.58. The molecule has 0 unspecified atom stereocenters. The van der Waals surface area contributed by atoms with Gasteiger partial charge in [-0.1, -0.05) is 5.16 Å². The molecule has 4 nitrogen and oxygen atoms in total. The Bertz CT molecular complexity index is 600. The lowest BCUT2D eigenvalue weighted by Crippen LogP contribution is -2.44. The minimum absolute atomic E-state index is 0. The third-order valence-electron chi connectivity index (χ3n) is 3.28. The lowest BCUT2D eigenvalue weighted by atomic mass is 9.77. The minimum atomic E-state index is -0.455. The van der Waals surface area contributed by atoms with Gasteiger partial charge in [0.2, 0.25) is 0 Å². The van der Waals surface area contributed by atoms with Crippen LogP contribution in [0.2, 0.25) is 0 Å². The second-order valence-corrected chi connectivity index (χ2v) is 5.72. The predicted octanol–water partition coefficient (Wildman–Crippen LogP) is 3.24. The summed E-state index contributed by atoms with van der Waals surface area (Å²) in [4.78, 5) is 4.27. The molecular weight excluding hydrogens is 384 g/mol. The van der Waals surface area contributed by atoms with Gasteiger partial charge in [-0.15, -0.1) is 12.4 Å². The number of nitrogens with two attached hydrogens (primary N) is 1. The van der Waals surface area contributed by atoms with Crippen LogP contribution >= 0.6 is 35.0 Å². The van der Waals surface area contributed by atoms with Crippen LogP contribution in [-0.2, 0) is 5.54 Å². The van der Waals surface area contributed by atoms with E-state index >= 15 is 0 Å². The number of benzene rings is 1. The van der Waals surface area contributed by atoms with Crippen LogP contribution in [0.1, 0.15) is 25.1 Å². The van der Waals surface area contributed by atoms with E-state index in [-0.39, 0.29) is 18.2 Å². The predicted molar refractivity (Wildman–Crippen MR) is 79.4 cm³/mol. The zero-order chi connectivity index (χ0) is 12.8. The second kappa shape index (κ2) is 5.34. The van der Waals surface area contributed by atoms with E-state index in [2.05, 4.69) is 10.1 Å². The first-order valence-electron chi connectivity index (χ1n) is 5.67. The van der Waals surface area contributed by atoms with E-state index < -0.39 is 5.54 Å². The van der Waals surface area contributed by atoms with E-state index in [1.807, 2.05) is 22.6 Å². The fourth-order valence-corrected chi connectivity index (χ4v) is 2.29. The highest BCUT2D eigenvalue weighted by Crippen LogP contribution is 2.37. The van der Waals surface area contributed by atoms with Gasteiger partial charge in [-0.05, 0) is 60.1 Å². The zero-order valence-electron chi connectivity index (χ0n) is 9.90. The van der Waals surface area contributed by atoms with Crippen LogP contribution in [0, 0.1) is 9.39 Å². The second-order valence-electron chi connectivity index (χ2n) is 4.56. The zero-order valence-corrected chi connectivity index (χ0v) is 12.9. The first kappa shape index (κ1) is 14.7. The molecule has 0 radical (unpaired) electrons. The summed E-state index contributed by atoms with van der Waals surface area (Å²) in [5, 5.41) is 3.90. The van der Waals surface area contributed by atoms with Gasteiger partial charge in [0, 0.05) is 9.13 Å². The molecule has 1 aliphatic carbocycles. The SMILES string of the molecule is Cl.NC1(c2noc(-c3ccc(I)c(F)c3)n2)CCC1. The maximum absolute atomic E-state index is 13.5. The molecule has 1 saturated carbocycles. The fourth-order valence-electron chi connectivity index (χ4n) is 1.95. The molecule has 2 N–H and O–H groups in total. The average molecular weight is 396 g/mol. The van der Waals surface area contributed by atoms with Crippen molar-refractivity contribution in [2.45, 2.75) is 24.8 Å². The maximum Gasteiger partial charge on any atom is 0.258 e. The van der Waals surface area contributed by atoms with Gasteiger partial charge >= 0.3 is 0 Å². The van der Waals surface area contributed by atoms with Gasteiger partial charge in [0.15, 0.2) is 5.82 Å². The summed E-state index contributed by atoms with van der Waals surface area (Å²) in [6.45, 7) is 0. The van der Waals surface area contributed by atoms with Crippen molar-refractivity contribution < 1.29 is 8.91 Å². The van der Waals surface area contributed by atoms with Crippen LogP contribution in [-0.4, -0.2) is 10.1 Å². The van der Waals surface area contributed by atoms with Crippen LogP contribution in [0.3, 0.4) is 0 Å². The summed E-state index contributed by atoms with van der Waals surface area (Å²) in [6, 6.07) is 4.83. The van der Waals surface area contributed by atoms with Gasteiger partial charge in [0.1, 0.15) is 5.82 Å². The van der Waals surface area contributed by atoms with E-state index in [9.17, 15) is 4.39 Å². The molecular formula is C12H12ClFIN3O. The molecule has 3 rings (SSSR count). The molecule has 0 amide bonds. The Morgan fingerprint density at radius 1 is 1.37 bits per heavy atom. The summed E-state index contributed by atoms with van der Waals surface area (Å²) >= 11 is 1.93. The van der Waals surface area contributed by atoms with Crippen LogP contribution in [0.4, 0.5) is 4.39 Å². The van der Waals surface area contributed by atoms with Crippen LogP contribution in [0.15, 0.2) is 22.7 Å². The molecule has 7 heteroatoms. The maximum atomic E-state index is 13.5. The molecule has 1 heterocycles.